The molecule has 0 bridgehead atoms. The first kappa shape index (κ1) is 19.2. The summed E-state index contributed by atoms with van der Waals surface area (Å²) >= 11 is 3.40. The van der Waals surface area contributed by atoms with E-state index in [0.29, 0.717) is 24.2 Å². The van der Waals surface area contributed by atoms with E-state index in [1.807, 2.05) is 13.0 Å². The van der Waals surface area contributed by atoms with Crippen molar-refractivity contribution in [2.24, 2.45) is 5.92 Å². The number of hydrogen-bond donors (Lipinski definition) is 0. The molecule has 1 fully saturated rings. The highest BCUT2D eigenvalue weighted by Crippen LogP contribution is 2.32. The average molecular weight is 371 g/mol. The van der Waals surface area contributed by atoms with Crippen LogP contribution in [-0.2, 0) is 14.3 Å². The number of carbonyl (C=O) groups is 1. The number of unbranched alkanes of at least 4 members (excludes halogenated alkanes) is 1. The summed E-state index contributed by atoms with van der Waals surface area (Å²) in [5, 5.41) is 0. The van der Waals surface area contributed by atoms with Crippen LogP contribution in [0.15, 0.2) is 34.9 Å². The molecule has 0 amide bonds. The first-order valence-corrected chi connectivity index (χ1v) is 8.72. The number of halogens is 1. The van der Waals surface area contributed by atoms with Gasteiger partial charge in [-0.1, -0.05) is 47.7 Å². The summed E-state index contributed by atoms with van der Waals surface area (Å²) in [4.78, 5) is 11.4. The lowest BCUT2D eigenvalue weighted by molar-refractivity contribution is -0.138. The SMILES string of the molecule is C=C(Br)C[C@@H](C)C[C@@H]1O[C@H]1/C=C/CC/C=C(\C)C(=O)OCC. The third kappa shape index (κ3) is 7.95. The van der Waals surface area contributed by atoms with E-state index in [4.69, 9.17) is 9.47 Å². The van der Waals surface area contributed by atoms with E-state index in [1.54, 1.807) is 6.92 Å². The second-order valence-electron chi connectivity index (χ2n) is 5.81. The van der Waals surface area contributed by atoms with Crippen molar-refractivity contribution >= 4 is 21.9 Å². The van der Waals surface area contributed by atoms with E-state index in [0.717, 1.165) is 30.2 Å². The molecule has 4 heteroatoms. The highest BCUT2D eigenvalue weighted by molar-refractivity contribution is 9.11. The van der Waals surface area contributed by atoms with Crippen molar-refractivity contribution in [2.75, 3.05) is 6.61 Å². The zero-order valence-corrected chi connectivity index (χ0v) is 15.4. The second-order valence-corrected chi connectivity index (χ2v) is 6.94. The second kappa shape index (κ2) is 10.0. The number of ether oxygens (including phenoxy) is 2. The quantitative estimate of drug-likeness (QED) is 0.180. The lowest BCUT2D eigenvalue weighted by Gasteiger charge is -2.07. The molecule has 0 N–H and O–H groups in total. The van der Waals surface area contributed by atoms with Crippen LogP contribution in [0.2, 0.25) is 0 Å². The normalized spacial score (nSPS) is 22.6. The Labute approximate surface area is 142 Å². The van der Waals surface area contributed by atoms with Crippen molar-refractivity contribution < 1.29 is 14.3 Å². The maximum absolute atomic E-state index is 11.4. The maximum atomic E-state index is 11.4. The van der Waals surface area contributed by atoms with Crippen LogP contribution in [0.4, 0.5) is 0 Å². The highest BCUT2D eigenvalue weighted by Gasteiger charge is 2.36. The van der Waals surface area contributed by atoms with Crippen LogP contribution in [0.1, 0.15) is 46.5 Å². The van der Waals surface area contributed by atoms with Crippen molar-refractivity contribution in [2.45, 2.75) is 58.7 Å². The minimum absolute atomic E-state index is 0.223. The summed E-state index contributed by atoms with van der Waals surface area (Å²) in [6.45, 7) is 10.1. The predicted molar refractivity (Wildman–Crippen MR) is 93.9 cm³/mol. The van der Waals surface area contributed by atoms with Gasteiger partial charge in [0.1, 0.15) is 6.10 Å². The van der Waals surface area contributed by atoms with Crippen LogP contribution in [0, 0.1) is 5.92 Å². The minimum atomic E-state index is -0.223. The molecule has 0 radical (unpaired) electrons. The summed E-state index contributed by atoms with van der Waals surface area (Å²) in [5.74, 6) is 0.366. The Hall–Kier alpha value is -0.870. The summed E-state index contributed by atoms with van der Waals surface area (Å²) in [6, 6.07) is 0. The molecule has 0 spiro atoms. The van der Waals surface area contributed by atoms with Crippen LogP contribution in [0.25, 0.3) is 0 Å². The molecule has 22 heavy (non-hydrogen) atoms. The van der Waals surface area contributed by atoms with E-state index in [2.05, 4.69) is 41.6 Å². The molecule has 0 aromatic heterocycles. The molecule has 1 aliphatic heterocycles. The van der Waals surface area contributed by atoms with Crippen LogP contribution in [0.3, 0.4) is 0 Å². The van der Waals surface area contributed by atoms with Gasteiger partial charge >= 0.3 is 5.97 Å². The van der Waals surface area contributed by atoms with E-state index in [1.165, 1.54) is 0 Å². The Morgan fingerprint density at radius 2 is 2.18 bits per heavy atom. The fourth-order valence-corrected chi connectivity index (χ4v) is 2.88. The molecule has 0 aliphatic carbocycles. The fraction of sp³-hybridized carbons (Fsp3) is 0.611. The molecular weight excluding hydrogens is 344 g/mol. The number of rotatable bonds is 10. The van der Waals surface area contributed by atoms with Gasteiger partial charge in [0.25, 0.3) is 0 Å². The first-order valence-electron chi connectivity index (χ1n) is 7.93. The van der Waals surface area contributed by atoms with Gasteiger partial charge in [-0.3, -0.25) is 0 Å². The number of allylic oxidation sites excluding steroid dienone is 3. The molecule has 124 valence electrons. The number of epoxide rings is 1. The molecule has 0 unspecified atom stereocenters. The molecule has 1 saturated heterocycles. The molecule has 1 heterocycles. The van der Waals surface area contributed by atoms with Crippen molar-refractivity contribution in [1.29, 1.82) is 0 Å². The zero-order chi connectivity index (χ0) is 16.5. The largest absolute Gasteiger partial charge is 0.463 e. The number of esters is 1. The van der Waals surface area contributed by atoms with Gasteiger partial charge in [0.2, 0.25) is 0 Å². The first-order chi connectivity index (χ1) is 10.4. The standard InChI is InChI=1S/C18H27BrO3/c1-5-21-18(20)14(3)9-7-6-8-10-16-17(22-16)12-13(2)11-15(4)19/h8-10,13,16-17H,4-7,11-12H2,1-3H3/b10-8+,14-9+/t13-,16+,17+/m1/s1. The molecule has 0 aromatic carbocycles. The summed E-state index contributed by atoms with van der Waals surface area (Å²) in [5.41, 5.74) is 0.680. The summed E-state index contributed by atoms with van der Waals surface area (Å²) in [7, 11) is 0. The zero-order valence-electron chi connectivity index (χ0n) is 13.8. The van der Waals surface area contributed by atoms with Crippen molar-refractivity contribution in [3.8, 4) is 0 Å². The lowest BCUT2D eigenvalue weighted by atomic mass is 10.0. The van der Waals surface area contributed by atoms with E-state index >= 15 is 0 Å². The average Bonchev–Trinajstić information content (AvgIpc) is 3.15. The van der Waals surface area contributed by atoms with E-state index in [9.17, 15) is 4.79 Å². The van der Waals surface area contributed by atoms with E-state index < -0.39 is 0 Å². The van der Waals surface area contributed by atoms with Gasteiger partial charge in [-0.05, 0) is 49.9 Å². The third-order valence-corrected chi connectivity index (χ3v) is 3.86. The highest BCUT2D eigenvalue weighted by atomic mass is 79.9. The lowest BCUT2D eigenvalue weighted by Crippen LogP contribution is -2.04. The fourth-order valence-electron chi connectivity index (χ4n) is 2.33. The molecule has 0 saturated carbocycles. The van der Waals surface area contributed by atoms with Crippen LogP contribution in [0.5, 0.6) is 0 Å². The van der Waals surface area contributed by atoms with Crippen LogP contribution >= 0.6 is 15.9 Å². The molecule has 1 rings (SSSR count). The van der Waals surface area contributed by atoms with Crippen LogP contribution < -0.4 is 0 Å². The van der Waals surface area contributed by atoms with E-state index in [-0.39, 0.29) is 12.1 Å². The van der Waals surface area contributed by atoms with Crippen molar-refractivity contribution in [3.05, 3.63) is 34.9 Å². The predicted octanol–water partition coefficient (Wildman–Crippen LogP) is 4.92. The number of carbonyl (C=O) groups excluding carboxylic acids is 1. The Bertz CT molecular complexity index is 440. The van der Waals surface area contributed by atoms with Gasteiger partial charge in [-0.15, -0.1) is 0 Å². The monoisotopic (exact) mass is 370 g/mol. The van der Waals surface area contributed by atoms with Gasteiger partial charge < -0.3 is 9.47 Å². The molecule has 1 aliphatic rings. The van der Waals surface area contributed by atoms with Crippen molar-refractivity contribution in [1.82, 2.24) is 0 Å². The third-order valence-electron chi connectivity index (χ3n) is 3.53. The summed E-state index contributed by atoms with van der Waals surface area (Å²) < 4.78 is 11.6. The minimum Gasteiger partial charge on any atom is -0.463 e. The van der Waals surface area contributed by atoms with Gasteiger partial charge in [-0.2, -0.15) is 0 Å². The topological polar surface area (TPSA) is 38.8 Å². The molecule has 3 atom stereocenters. The van der Waals surface area contributed by atoms with Crippen molar-refractivity contribution in [3.63, 3.8) is 0 Å². The van der Waals surface area contributed by atoms with Gasteiger partial charge in [0.05, 0.1) is 12.7 Å². The Balaban J connectivity index is 2.16. The molecule has 0 aromatic rings. The molecular formula is C18H27BrO3. The Morgan fingerprint density at radius 1 is 1.45 bits per heavy atom. The number of hydrogen-bond acceptors (Lipinski definition) is 3. The van der Waals surface area contributed by atoms with Gasteiger partial charge in [-0.25, -0.2) is 4.79 Å². The smallest absolute Gasteiger partial charge is 0.333 e. The van der Waals surface area contributed by atoms with Gasteiger partial charge in [0.15, 0.2) is 0 Å². The summed E-state index contributed by atoms with van der Waals surface area (Å²) in [6.07, 6.45) is 10.6. The maximum Gasteiger partial charge on any atom is 0.333 e. The Kier molecular flexibility index (Phi) is 8.72. The van der Waals surface area contributed by atoms with Gasteiger partial charge in [0, 0.05) is 5.57 Å². The Morgan fingerprint density at radius 3 is 2.82 bits per heavy atom. The van der Waals surface area contributed by atoms with Crippen LogP contribution in [-0.4, -0.2) is 24.8 Å². The molecule has 3 nitrogen and oxygen atoms in total.